The first-order chi connectivity index (χ1) is 6.13. The molecule has 1 rings (SSSR count). The smallest absolute Gasteiger partial charge is 0.346 e. The number of aliphatic carboxylic acids is 1. The molecule has 1 heterocycles. The molecule has 1 aromatic heterocycles. The molecule has 0 aliphatic rings. The molecule has 4 heteroatoms. The molecule has 66 valence electrons. The van der Waals surface area contributed by atoms with Crippen molar-refractivity contribution in [3.05, 3.63) is 27.5 Å². The Kier molecular flexibility index (Phi) is 2.83. The van der Waals surface area contributed by atoms with Gasteiger partial charge in [0.1, 0.15) is 11.6 Å². The van der Waals surface area contributed by atoms with E-state index in [1.54, 1.807) is 12.1 Å². The van der Waals surface area contributed by atoms with Gasteiger partial charge in [-0.2, -0.15) is 5.26 Å². The summed E-state index contributed by atoms with van der Waals surface area (Å²) in [5.41, 5.74) is -0.234. The Labute approximate surface area is 79.6 Å². The first-order valence-corrected chi connectivity index (χ1v) is 4.36. The van der Waals surface area contributed by atoms with Gasteiger partial charge >= 0.3 is 5.97 Å². The van der Waals surface area contributed by atoms with Crippen LogP contribution in [0, 0.1) is 18.3 Å². The summed E-state index contributed by atoms with van der Waals surface area (Å²) in [6.45, 7) is 1.93. The van der Waals surface area contributed by atoms with Gasteiger partial charge in [0.2, 0.25) is 0 Å². The minimum atomic E-state index is -1.19. The number of nitrogens with zero attached hydrogens (tertiary/aromatic N) is 1. The molecule has 0 amide bonds. The largest absolute Gasteiger partial charge is 0.477 e. The lowest BCUT2D eigenvalue weighted by Gasteiger charge is -1.87. The predicted octanol–water partition coefficient (Wildman–Crippen LogP) is 2.05. The summed E-state index contributed by atoms with van der Waals surface area (Å²) in [5.74, 6) is -1.19. The highest BCUT2D eigenvalue weighted by Crippen LogP contribution is 2.18. The first-order valence-electron chi connectivity index (χ1n) is 3.55. The van der Waals surface area contributed by atoms with E-state index in [-0.39, 0.29) is 5.57 Å². The van der Waals surface area contributed by atoms with E-state index in [0.29, 0.717) is 0 Å². The van der Waals surface area contributed by atoms with Crippen molar-refractivity contribution in [3.63, 3.8) is 0 Å². The van der Waals surface area contributed by atoms with E-state index in [0.717, 1.165) is 9.75 Å². The molecular formula is C9H7NO2S. The van der Waals surface area contributed by atoms with E-state index in [1.165, 1.54) is 17.4 Å². The van der Waals surface area contributed by atoms with Gasteiger partial charge in [-0.05, 0) is 25.1 Å². The monoisotopic (exact) mass is 193 g/mol. The number of carbonyl (C=O) groups is 1. The zero-order valence-electron chi connectivity index (χ0n) is 6.94. The lowest BCUT2D eigenvalue weighted by molar-refractivity contribution is -0.132. The van der Waals surface area contributed by atoms with E-state index >= 15 is 0 Å². The molecule has 13 heavy (non-hydrogen) atoms. The van der Waals surface area contributed by atoms with Crippen LogP contribution in [0.1, 0.15) is 9.75 Å². The molecule has 0 radical (unpaired) electrons. The number of hydrogen-bond acceptors (Lipinski definition) is 3. The number of carboxylic acids is 1. The lowest BCUT2D eigenvalue weighted by Crippen LogP contribution is -1.96. The van der Waals surface area contributed by atoms with Crippen LogP contribution in [0.4, 0.5) is 0 Å². The summed E-state index contributed by atoms with van der Waals surface area (Å²) in [6.07, 6.45) is 1.38. The van der Waals surface area contributed by atoms with Gasteiger partial charge in [0.25, 0.3) is 0 Å². The van der Waals surface area contributed by atoms with Gasteiger partial charge < -0.3 is 5.11 Å². The fourth-order valence-electron chi connectivity index (χ4n) is 0.815. The summed E-state index contributed by atoms with van der Waals surface area (Å²) in [7, 11) is 0. The van der Waals surface area contributed by atoms with Crippen molar-refractivity contribution in [2.45, 2.75) is 6.92 Å². The molecule has 0 aromatic carbocycles. The van der Waals surface area contributed by atoms with Crippen LogP contribution in [0.25, 0.3) is 6.08 Å². The molecule has 1 aromatic rings. The number of nitriles is 1. The maximum Gasteiger partial charge on any atom is 0.346 e. The fraction of sp³-hybridized carbons (Fsp3) is 0.111. The summed E-state index contributed by atoms with van der Waals surface area (Å²) in [5, 5.41) is 17.0. The molecule has 0 unspecified atom stereocenters. The van der Waals surface area contributed by atoms with Crippen LogP contribution in [0.15, 0.2) is 17.7 Å². The van der Waals surface area contributed by atoms with E-state index in [2.05, 4.69) is 0 Å². The maximum absolute atomic E-state index is 10.5. The standard InChI is InChI=1S/C9H7NO2S/c1-6-2-3-8(13-6)4-7(5-10)9(11)12/h2-4H,1H3,(H,11,12)/b7-4+. The zero-order chi connectivity index (χ0) is 9.84. The second-order valence-corrected chi connectivity index (χ2v) is 3.74. The number of hydrogen-bond donors (Lipinski definition) is 1. The number of rotatable bonds is 2. The van der Waals surface area contributed by atoms with Crippen molar-refractivity contribution < 1.29 is 9.90 Å². The first kappa shape index (κ1) is 9.49. The zero-order valence-corrected chi connectivity index (χ0v) is 7.76. The van der Waals surface area contributed by atoms with Crippen molar-refractivity contribution in [2.24, 2.45) is 0 Å². The average Bonchev–Trinajstić information content (AvgIpc) is 2.46. The molecule has 3 nitrogen and oxygen atoms in total. The van der Waals surface area contributed by atoms with Crippen LogP contribution in [-0.4, -0.2) is 11.1 Å². The highest BCUT2D eigenvalue weighted by molar-refractivity contribution is 7.12. The predicted molar refractivity (Wildman–Crippen MR) is 50.3 cm³/mol. The second-order valence-electron chi connectivity index (χ2n) is 2.42. The third-order valence-electron chi connectivity index (χ3n) is 1.40. The van der Waals surface area contributed by atoms with Crippen molar-refractivity contribution in [1.29, 1.82) is 5.26 Å². The van der Waals surface area contributed by atoms with Gasteiger partial charge in [-0.3, -0.25) is 0 Å². The minimum absolute atomic E-state index is 0.234. The molecule has 1 N–H and O–H groups in total. The van der Waals surface area contributed by atoms with Crippen molar-refractivity contribution >= 4 is 23.4 Å². The molecule has 0 spiro atoms. The molecule has 0 aliphatic heterocycles. The van der Waals surface area contributed by atoms with Gasteiger partial charge in [0.05, 0.1) is 0 Å². The van der Waals surface area contributed by atoms with E-state index in [4.69, 9.17) is 10.4 Å². The van der Waals surface area contributed by atoms with Crippen LogP contribution in [0.5, 0.6) is 0 Å². The molecule has 0 saturated carbocycles. The summed E-state index contributed by atoms with van der Waals surface area (Å²) >= 11 is 1.46. The highest BCUT2D eigenvalue weighted by atomic mass is 32.1. The Hall–Kier alpha value is -1.60. The van der Waals surface area contributed by atoms with Gasteiger partial charge in [0, 0.05) is 9.75 Å². The van der Waals surface area contributed by atoms with Crippen molar-refractivity contribution in [3.8, 4) is 6.07 Å². The second kappa shape index (κ2) is 3.87. The fourth-order valence-corrected chi connectivity index (χ4v) is 1.64. The normalized spacial score (nSPS) is 10.9. The summed E-state index contributed by atoms with van der Waals surface area (Å²) in [4.78, 5) is 12.3. The Morgan fingerprint density at radius 1 is 1.69 bits per heavy atom. The van der Waals surface area contributed by atoms with E-state index < -0.39 is 5.97 Å². The van der Waals surface area contributed by atoms with Crippen LogP contribution < -0.4 is 0 Å². The summed E-state index contributed by atoms with van der Waals surface area (Å²) < 4.78 is 0. The number of carboxylic acid groups (broad SMARTS) is 1. The Morgan fingerprint density at radius 2 is 2.38 bits per heavy atom. The minimum Gasteiger partial charge on any atom is -0.477 e. The summed E-state index contributed by atoms with van der Waals surface area (Å²) in [6, 6.07) is 5.30. The maximum atomic E-state index is 10.5. The van der Waals surface area contributed by atoms with E-state index in [9.17, 15) is 4.79 Å². The van der Waals surface area contributed by atoms with Crippen LogP contribution in [-0.2, 0) is 4.79 Å². The topological polar surface area (TPSA) is 61.1 Å². The Balaban J connectivity index is 3.00. The Bertz CT molecular complexity index is 398. The van der Waals surface area contributed by atoms with Crippen molar-refractivity contribution in [2.75, 3.05) is 0 Å². The molecule has 0 aliphatic carbocycles. The third kappa shape index (κ3) is 2.42. The number of thiophene rings is 1. The molecule has 0 saturated heterocycles. The number of aryl methyl sites for hydroxylation is 1. The van der Waals surface area contributed by atoms with Gasteiger partial charge in [-0.1, -0.05) is 0 Å². The van der Waals surface area contributed by atoms with Gasteiger partial charge in [-0.15, -0.1) is 11.3 Å². The quantitative estimate of drug-likeness (QED) is 0.577. The van der Waals surface area contributed by atoms with Crippen LogP contribution in [0.2, 0.25) is 0 Å². The van der Waals surface area contributed by atoms with Gasteiger partial charge in [-0.25, -0.2) is 4.79 Å². The van der Waals surface area contributed by atoms with E-state index in [1.807, 2.05) is 13.0 Å². The molecular weight excluding hydrogens is 186 g/mol. The van der Waals surface area contributed by atoms with Crippen LogP contribution in [0.3, 0.4) is 0 Å². The van der Waals surface area contributed by atoms with Gasteiger partial charge in [0.15, 0.2) is 0 Å². The highest BCUT2D eigenvalue weighted by Gasteiger charge is 2.05. The van der Waals surface area contributed by atoms with Crippen molar-refractivity contribution in [1.82, 2.24) is 0 Å². The SMILES string of the molecule is Cc1ccc(/C=C(\C#N)C(=O)O)s1. The Morgan fingerprint density at radius 3 is 2.77 bits per heavy atom. The average molecular weight is 193 g/mol. The molecule has 0 bridgehead atoms. The molecule has 0 atom stereocenters. The molecule has 0 fully saturated rings. The van der Waals surface area contributed by atoms with Crippen LogP contribution >= 0.6 is 11.3 Å². The third-order valence-corrected chi connectivity index (χ3v) is 2.35. The lowest BCUT2D eigenvalue weighted by atomic mass is 10.2.